The van der Waals surface area contributed by atoms with Crippen molar-refractivity contribution < 1.29 is 9.59 Å². The van der Waals surface area contributed by atoms with Crippen molar-refractivity contribution >= 4 is 23.6 Å². The van der Waals surface area contributed by atoms with Gasteiger partial charge in [-0.1, -0.05) is 31.4 Å². The van der Waals surface area contributed by atoms with Crippen LogP contribution in [-0.2, 0) is 0 Å². The highest BCUT2D eigenvalue weighted by Crippen LogP contribution is 2.29. The molecule has 1 aliphatic heterocycles. The number of thioether (sulfide) groups is 1. The number of imide groups is 1. The highest BCUT2D eigenvalue weighted by molar-refractivity contribution is 7.99. The number of rotatable bonds is 5. The summed E-state index contributed by atoms with van der Waals surface area (Å²) >= 11 is 2.02. The number of fused-ring (bicyclic) bond motifs is 1. The van der Waals surface area contributed by atoms with Gasteiger partial charge in [0.15, 0.2) is 0 Å². The molecule has 3 nitrogen and oxygen atoms in total. The molecular formula is C17H21NO2S. The summed E-state index contributed by atoms with van der Waals surface area (Å²) in [6.45, 7) is 0.548. The van der Waals surface area contributed by atoms with E-state index < -0.39 is 0 Å². The van der Waals surface area contributed by atoms with Gasteiger partial charge in [0.1, 0.15) is 0 Å². The monoisotopic (exact) mass is 303 g/mol. The zero-order valence-electron chi connectivity index (χ0n) is 12.2. The molecule has 0 N–H and O–H groups in total. The molecule has 1 aliphatic carbocycles. The third-order valence-corrected chi connectivity index (χ3v) is 5.78. The van der Waals surface area contributed by atoms with Crippen molar-refractivity contribution in [1.29, 1.82) is 0 Å². The molecule has 0 radical (unpaired) electrons. The molecule has 0 unspecified atom stereocenters. The summed E-state index contributed by atoms with van der Waals surface area (Å²) in [6.07, 6.45) is 7.65. The van der Waals surface area contributed by atoms with Crippen LogP contribution in [0.3, 0.4) is 0 Å². The Hall–Kier alpha value is -1.29. The zero-order chi connectivity index (χ0) is 14.7. The van der Waals surface area contributed by atoms with E-state index in [4.69, 9.17) is 0 Å². The maximum absolute atomic E-state index is 12.2. The van der Waals surface area contributed by atoms with E-state index in [2.05, 4.69) is 0 Å². The van der Waals surface area contributed by atoms with Crippen LogP contribution in [0.5, 0.6) is 0 Å². The number of benzene rings is 1. The van der Waals surface area contributed by atoms with Crippen LogP contribution in [0.1, 0.15) is 59.2 Å². The third-order valence-electron chi connectivity index (χ3n) is 4.31. The van der Waals surface area contributed by atoms with Gasteiger partial charge in [-0.3, -0.25) is 14.5 Å². The molecule has 3 rings (SSSR count). The lowest BCUT2D eigenvalue weighted by molar-refractivity contribution is 0.0655. The van der Waals surface area contributed by atoms with E-state index in [0.29, 0.717) is 17.7 Å². The van der Waals surface area contributed by atoms with E-state index in [1.54, 1.807) is 12.1 Å². The second-order valence-corrected chi connectivity index (χ2v) is 7.20. The van der Waals surface area contributed by atoms with Crippen LogP contribution in [0.15, 0.2) is 24.3 Å². The van der Waals surface area contributed by atoms with Crippen LogP contribution >= 0.6 is 11.8 Å². The van der Waals surface area contributed by atoms with E-state index in [1.807, 2.05) is 23.9 Å². The molecule has 112 valence electrons. The molecule has 21 heavy (non-hydrogen) atoms. The van der Waals surface area contributed by atoms with Gasteiger partial charge in [0.25, 0.3) is 11.8 Å². The molecule has 0 aromatic heterocycles. The van der Waals surface area contributed by atoms with Gasteiger partial charge in [-0.2, -0.15) is 11.8 Å². The van der Waals surface area contributed by atoms with Crippen molar-refractivity contribution in [2.24, 2.45) is 0 Å². The average Bonchev–Trinajstić information content (AvgIpc) is 2.77. The van der Waals surface area contributed by atoms with E-state index in [-0.39, 0.29) is 11.8 Å². The largest absolute Gasteiger partial charge is 0.274 e. The molecule has 0 saturated heterocycles. The van der Waals surface area contributed by atoms with Crippen molar-refractivity contribution in [3.05, 3.63) is 35.4 Å². The number of amides is 2. The predicted molar refractivity (Wildman–Crippen MR) is 85.8 cm³/mol. The molecule has 4 heteroatoms. The lowest BCUT2D eigenvalue weighted by Crippen LogP contribution is -2.31. The van der Waals surface area contributed by atoms with Crippen LogP contribution in [0.4, 0.5) is 0 Å². The Morgan fingerprint density at radius 2 is 1.62 bits per heavy atom. The van der Waals surface area contributed by atoms with Gasteiger partial charge in [-0.15, -0.1) is 0 Å². The predicted octanol–water partition coefficient (Wildman–Crippen LogP) is 3.74. The lowest BCUT2D eigenvalue weighted by Gasteiger charge is -2.21. The van der Waals surface area contributed by atoms with Crippen molar-refractivity contribution in [2.45, 2.75) is 43.8 Å². The number of hydrogen-bond donors (Lipinski definition) is 0. The van der Waals surface area contributed by atoms with Gasteiger partial charge in [0.05, 0.1) is 11.1 Å². The van der Waals surface area contributed by atoms with Gasteiger partial charge in [-0.25, -0.2) is 0 Å². The van der Waals surface area contributed by atoms with Crippen molar-refractivity contribution in [2.75, 3.05) is 12.3 Å². The Morgan fingerprint density at radius 3 is 2.24 bits per heavy atom. The fraction of sp³-hybridized carbons (Fsp3) is 0.529. The maximum Gasteiger partial charge on any atom is 0.261 e. The van der Waals surface area contributed by atoms with Crippen molar-refractivity contribution in [3.8, 4) is 0 Å². The lowest BCUT2D eigenvalue weighted by atomic mass is 10.0. The second-order valence-electron chi connectivity index (χ2n) is 5.79. The topological polar surface area (TPSA) is 37.4 Å². The van der Waals surface area contributed by atoms with Crippen LogP contribution in [0.25, 0.3) is 0 Å². The Kier molecular flexibility index (Phi) is 4.63. The maximum atomic E-state index is 12.2. The number of carbonyl (C=O) groups excluding carboxylic acids is 2. The molecule has 0 bridgehead atoms. The zero-order valence-corrected chi connectivity index (χ0v) is 13.0. The average molecular weight is 303 g/mol. The SMILES string of the molecule is O=C1c2ccccc2C(=O)N1CCCSC1CCCCC1. The summed E-state index contributed by atoms with van der Waals surface area (Å²) in [5.74, 6) is 0.787. The first-order valence-electron chi connectivity index (χ1n) is 7.84. The molecule has 1 saturated carbocycles. The Morgan fingerprint density at radius 1 is 1.00 bits per heavy atom. The van der Waals surface area contributed by atoms with Crippen LogP contribution in [0.2, 0.25) is 0 Å². The van der Waals surface area contributed by atoms with Crippen LogP contribution < -0.4 is 0 Å². The highest BCUT2D eigenvalue weighted by Gasteiger charge is 2.34. The minimum Gasteiger partial charge on any atom is -0.274 e. The molecule has 0 spiro atoms. The first kappa shape index (κ1) is 14.6. The summed E-state index contributed by atoms with van der Waals surface area (Å²) in [5.41, 5.74) is 1.12. The Bertz CT molecular complexity index is 502. The van der Waals surface area contributed by atoms with E-state index in [9.17, 15) is 9.59 Å². The summed E-state index contributed by atoms with van der Waals surface area (Å²) < 4.78 is 0. The summed E-state index contributed by atoms with van der Waals surface area (Å²) in [6, 6.07) is 7.11. The van der Waals surface area contributed by atoms with Gasteiger partial charge >= 0.3 is 0 Å². The summed E-state index contributed by atoms with van der Waals surface area (Å²) in [7, 11) is 0. The highest BCUT2D eigenvalue weighted by atomic mass is 32.2. The molecule has 1 aromatic rings. The summed E-state index contributed by atoms with van der Waals surface area (Å²) in [5, 5.41) is 0.793. The molecule has 0 atom stereocenters. The minimum absolute atomic E-state index is 0.127. The minimum atomic E-state index is -0.127. The molecular weight excluding hydrogens is 282 g/mol. The Labute approximate surface area is 130 Å². The standard InChI is InChI=1S/C17H21NO2S/c19-16-14-9-4-5-10-15(14)17(20)18(16)11-6-12-21-13-7-2-1-3-8-13/h4-5,9-10,13H,1-3,6-8,11-12H2. The smallest absolute Gasteiger partial charge is 0.261 e. The van der Waals surface area contributed by atoms with Gasteiger partial charge in [0, 0.05) is 11.8 Å². The number of nitrogens with zero attached hydrogens (tertiary/aromatic N) is 1. The van der Waals surface area contributed by atoms with Crippen LogP contribution in [0, 0.1) is 0 Å². The van der Waals surface area contributed by atoms with Gasteiger partial charge in [0.2, 0.25) is 0 Å². The van der Waals surface area contributed by atoms with E-state index in [0.717, 1.165) is 17.4 Å². The second kappa shape index (κ2) is 6.65. The number of hydrogen-bond acceptors (Lipinski definition) is 3. The first-order valence-corrected chi connectivity index (χ1v) is 8.89. The van der Waals surface area contributed by atoms with E-state index in [1.165, 1.54) is 37.0 Å². The third kappa shape index (κ3) is 3.15. The fourth-order valence-corrected chi connectivity index (χ4v) is 4.44. The summed E-state index contributed by atoms with van der Waals surface area (Å²) in [4.78, 5) is 25.8. The van der Waals surface area contributed by atoms with Crippen molar-refractivity contribution in [1.82, 2.24) is 4.90 Å². The molecule has 2 amide bonds. The normalized spacial score (nSPS) is 19.1. The Balaban J connectivity index is 1.48. The van der Waals surface area contributed by atoms with Gasteiger partial charge in [-0.05, 0) is 37.1 Å². The molecule has 1 heterocycles. The molecule has 1 fully saturated rings. The number of carbonyl (C=O) groups is 2. The molecule has 2 aliphatic rings. The van der Waals surface area contributed by atoms with Crippen molar-refractivity contribution in [3.63, 3.8) is 0 Å². The fourth-order valence-electron chi connectivity index (χ4n) is 3.15. The first-order chi connectivity index (χ1) is 10.3. The molecule has 1 aromatic carbocycles. The quantitative estimate of drug-likeness (QED) is 0.614. The van der Waals surface area contributed by atoms with Gasteiger partial charge < -0.3 is 0 Å². The van der Waals surface area contributed by atoms with Crippen LogP contribution in [-0.4, -0.2) is 34.3 Å². The van der Waals surface area contributed by atoms with E-state index >= 15 is 0 Å².